The zero-order valence-electron chi connectivity index (χ0n) is 16.6. The molecule has 0 radical (unpaired) electrons. The van der Waals surface area contributed by atoms with Crippen molar-refractivity contribution >= 4 is 38.7 Å². The molecule has 0 bridgehead atoms. The Morgan fingerprint density at radius 1 is 1.36 bits per heavy atom. The Bertz CT molecular complexity index is 965. The van der Waals surface area contributed by atoms with Crippen molar-refractivity contribution in [2.75, 3.05) is 7.05 Å². The van der Waals surface area contributed by atoms with Crippen molar-refractivity contribution in [1.82, 2.24) is 14.5 Å². The molecule has 1 fully saturated rings. The van der Waals surface area contributed by atoms with Crippen LogP contribution in [0.2, 0.25) is 0 Å². The van der Waals surface area contributed by atoms with E-state index < -0.39 is 10.0 Å². The van der Waals surface area contributed by atoms with Crippen molar-refractivity contribution in [3.8, 4) is 0 Å². The number of fused-ring (bicyclic) bond motifs is 1. The first kappa shape index (κ1) is 21.1. The van der Waals surface area contributed by atoms with E-state index in [1.165, 1.54) is 43.2 Å². The predicted octanol–water partition coefficient (Wildman–Crippen LogP) is 2.98. The van der Waals surface area contributed by atoms with Gasteiger partial charge in [0.05, 0.1) is 21.2 Å². The van der Waals surface area contributed by atoms with Gasteiger partial charge in [-0.1, -0.05) is 31.0 Å². The highest BCUT2D eigenvalue weighted by molar-refractivity contribution is 8.00. The third kappa shape index (κ3) is 4.36. The molecule has 0 saturated heterocycles. The van der Waals surface area contributed by atoms with Gasteiger partial charge in [-0.3, -0.25) is 4.79 Å². The summed E-state index contributed by atoms with van der Waals surface area (Å²) in [6.07, 6.45) is 5.76. The largest absolute Gasteiger partial charge is 0.342 e. The van der Waals surface area contributed by atoms with Crippen LogP contribution in [-0.2, 0) is 21.4 Å². The van der Waals surface area contributed by atoms with Gasteiger partial charge in [0.25, 0.3) is 0 Å². The van der Waals surface area contributed by atoms with Gasteiger partial charge in [0.1, 0.15) is 0 Å². The molecular formula is C19H28N4O3S2. The van der Waals surface area contributed by atoms with Crippen molar-refractivity contribution in [2.24, 2.45) is 5.14 Å². The van der Waals surface area contributed by atoms with E-state index in [2.05, 4.69) is 4.98 Å². The van der Waals surface area contributed by atoms with Gasteiger partial charge in [-0.15, -0.1) is 0 Å². The average molecular weight is 425 g/mol. The normalized spacial score (nSPS) is 17.0. The molecule has 1 aliphatic rings. The molecule has 1 atom stereocenters. The maximum atomic E-state index is 12.9. The van der Waals surface area contributed by atoms with Crippen LogP contribution in [0.15, 0.2) is 28.3 Å². The van der Waals surface area contributed by atoms with Crippen LogP contribution in [0.3, 0.4) is 0 Å². The van der Waals surface area contributed by atoms with Crippen LogP contribution in [0, 0.1) is 0 Å². The van der Waals surface area contributed by atoms with Gasteiger partial charge in [-0.05, 0) is 44.9 Å². The monoisotopic (exact) mass is 424 g/mol. The second-order valence-corrected chi connectivity index (χ2v) is 10.2. The molecule has 0 aliphatic heterocycles. The van der Waals surface area contributed by atoms with Crippen LogP contribution in [-0.4, -0.2) is 47.1 Å². The molecule has 1 aliphatic carbocycles. The number of benzene rings is 1. The molecule has 3 rings (SSSR count). The van der Waals surface area contributed by atoms with E-state index in [-0.39, 0.29) is 16.1 Å². The van der Waals surface area contributed by atoms with Crippen LogP contribution in [0.25, 0.3) is 11.0 Å². The fraction of sp³-hybridized carbons (Fsp3) is 0.579. The number of nitrogens with two attached hydrogens (primary N) is 1. The Kier molecular flexibility index (Phi) is 6.36. The van der Waals surface area contributed by atoms with Crippen LogP contribution in [0.1, 0.15) is 46.0 Å². The maximum Gasteiger partial charge on any atom is 0.238 e. The van der Waals surface area contributed by atoms with Crippen molar-refractivity contribution in [1.29, 1.82) is 0 Å². The minimum atomic E-state index is -3.78. The zero-order valence-corrected chi connectivity index (χ0v) is 18.2. The summed E-state index contributed by atoms with van der Waals surface area (Å²) in [6, 6.07) is 5.02. The minimum absolute atomic E-state index is 0.0402. The number of carbonyl (C=O) groups excluding carboxylic acids is 1. The van der Waals surface area contributed by atoms with Gasteiger partial charge in [-0.25, -0.2) is 18.5 Å². The Hall–Kier alpha value is -1.58. The number of thioether (sulfide) groups is 1. The molecule has 0 unspecified atom stereocenters. The van der Waals surface area contributed by atoms with Crippen LogP contribution in [0.4, 0.5) is 0 Å². The third-order valence-electron chi connectivity index (χ3n) is 5.43. The number of imidazole rings is 1. The molecule has 0 spiro atoms. The Labute approximate surface area is 170 Å². The Morgan fingerprint density at radius 3 is 2.64 bits per heavy atom. The van der Waals surface area contributed by atoms with Gasteiger partial charge in [0.15, 0.2) is 5.16 Å². The lowest BCUT2D eigenvalue weighted by molar-refractivity contribution is -0.131. The molecule has 1 amide bonds. The molecule has 1 saturated carbocycles. The van der Waals surface area contributed by atoms with E-state index in [1.54, 1.807) is 6.07 Å². The van der Waals surface area contributed by atoms with Gasteiger partial charge in [0, 0.05) is 19.6 Å². The van der Waals surface area contributed by atoms with E-state index in [0.717, 1.165) is 18.4 Å². The van der Waals surface area contributed by atoms with E-state index in [1.807, 2.05) is 30.4 Å². The first-order valence-electron chi connectivity index (χ1n) is 9.68. The first-order valence-corrected chi connectivity index (χ1v) is 12.1. The summed E-state index contributed by atoms with van der Waals surface area (Å²) >= 11 is 1.41. The highest BCUT2D eigenvalue weighted by atomic mass is 32.2. The van der Waals surface area contributed by atoms with Crippen LogP contribution >= 0.6 is 11.8 Å². The van der Waals surface area contributed by atoms with E-state index in [4.69, 9.17) is 5.14 Å². The number of primary sulfonamides is 1. The van der Waals surface area contributed by atoms with Crippen molar-refractivity contribution in [3.63, 3.8) is 0 Å². The first-order chi connectivity index (χ1) is 13.2. The molecule has 7 nitrogen and oxygen atoms in total. The molecule has 1 heterocycles. The number of hydrogen-bond acceptors (Lipinski definition) is 5. The summed E-state index contributed by atoms with van der Waals surface area (Å²) in [4.78, 5) is 19.4. The topological polar surface area (TPSA) is 98.3 Å². The molecule has 2 N–H and O–H groups in total. The number of amides is 1. The van der Waals surface area contributed by atoms with Crippen molar-refractivity contribution in [2.45, 2.75) is 73.8 Å². The predicted molar refractivity (Wildman–Crippen MR) is 112 cm³/mol. The Morgan fingerprint density at radius 2 is 2.04 bits per heavy atom. The summed E-state index contributed by atoms with van der Waals surface area (Å²) in [6.45, 7) is 4.58. The molecule has 28 heavy (non-hydrogen) atoms. The second kappa shape index (κ2) is 8.42. The lowest BCUT2D eigenvalue weighted by Gasteiger charge is -2.32. The third-order valence-corrected chi connectivity index (χ3v) is 7.42. The zero-order chi connectivity index (χ0) is 20.5. The van der Waals surface area contributed by atoms with Gasteiger partial charge in [0.2, 0.25) is 15.9 Å². The van der Waals surface area contributed by atoms with Gasteiger partial charge in [-0.2, -0.15) is 0 Å². The standard InChI is InChI=1S/C19H28N4O3S2/c1-4-23-17-11-10-15(28(20,25)26)12-16(17)21-19(23)27-13(2)18(24)22(3)14-8-6-5-7-9-14/h10-14H,4-9H2,1-3H3,(H2,20,25,26)/t13-/m1/s1. The highest BCUT2D eigenvalue weighted by Gasteiger charge is 2.27. The van der Waals surface area contributed by atoms with Crippen LogP contribution < -0.4 is 5.14 Å². The van der Waals surface area contributed by atoms with E-state index in [0.29, 0.717) is 23.3 Å². The molecular weight excluding hydrogens is 396 g/mol. The highest BCUT2D eigenvalue weighted by Crippen LogP contribution is 2.30. The lowest BCUT2D eigenvalue weighted by Crippen LogP contribution is -2.42. The molecule has 1 aromatic heterocycles. The number of carbonyl (C=O) groups is 1. The summed E-state index contributed by atoms with van der Waals surface area (Å²) in [5, 5.41) is 5.67. The smallest absolute Gasteiger partial charge is 0.238 e. The van der Waals surface area contributed by atoms with Crippen LogP contribution in [0.5, 0.6) is 0 Å². The molecule has 2 aromatic rings. The number of sulfonamides is 1. The average Bonchev–Trinajstić information content (AvgIpc) is 3.02. The summed E-state index contributed by atoms with van der Waals surface area (Å²) < 4.78 is 25.2. The summed E-state index contributed by atoms with van der Waals surface area (Å²) in [5.41, 5.74) is 1.40. The number of rotatable bonds is 6. The van der Waals surface area contributed by atoms with E-state index >= 15 is 0 Å². The van der Waals surface area contributed by atoms with Gasteiger partial charge < -0.3 is 9.47 Å². The molecule has 1 aromatic carbocycles. The number of hydrogen-bond donors (Lipinski definition) is 1. The molecule has 9 heteroatoms. The fourth-order valence-corrected chi connectivity index (χ4v) is 5.43. The van der Waals surface area contributed by atoms with Gasteiger partial charge >= 0.3 is 0 Å². The minimum Gasteiger partial charge on any atom is -0.342 e. The fourth-order valence-electron chi connectivity index (χ4n) is 3.80. The van der Waals surface area contributed by atoms with Crippen molar-refractivity contribution < 1.29 is 13.2 Å². The number of aryl methyl sites for hydroxylation is 1. The number of aromatic nitrogens is 2. The lowest BCUT2D eigenvalue weighted by atomic mass is 9.94. The SMILES string of the molecule is CCn1c(S[C@H](C)C(=O)N(C)C2CCCCC2)nc2cc(S(N)(=O)=O)ccc21. The maximum absolute atomic E-state index is 12.9. The quantitative estimate of drug-likeness (QED) is 0.719. The summed E-state index contributed by atoms with van der Waals surface area (Å²) in [5.74, 6) is 0.108. The number of nitrogens with zero attached hydrogens (tertiary/aromatic N) is 3. The van der Waals surface area contributed by atoms with E-state index in [9.17, 15) is 13.2 Å². The molecule has 154 valence electrons. The van der Waals surface area contributed by atoms with Crippen molar-refractivity contribution in [3.05, 3.63) is 18.2 Å². The Balaban J connectivity index is 1.83. The second-order valence-electron chi connectivity index (χ2n) is 7.34. The summed E-state index contributed by atoms with van der Waals surface area (Å²) in [7, 11) is -1.88.